The largest absolute Gasteiger partial charge is 0.481 e. The molecule has 10 unspecified atom stereocenters. The molecule has 10 atom stereocenters. The number of allylic oxidation sites excluding steroid dienone is 2. The average molecular weight is 529 g/mol. The molecule has 0 bridgehead atoms. The summed E-state index contributed by atoms with van der Waals surface area (Å²) in [5.41, 5.74) is -1.29. The molecule has 2 N–H and O–H groups in total. The van der Waals surface area contributed by atoms with Crippen molar-refractivity contribution in [2.75, 3.05) is 0 Å². The summed E-state index contributed by atoms with van der Waals surface area (Å²) in [5, 5.41) is 21.2. The highest BCUT2D eigenvalue weighted by Gasteiger charge is 2.71. The number of esters is 1. The summed E-state index contributed by atoms with van der Waals surface area (Å²) >= 11 is 0. The van der Waals surface area contributed by atoms with Crippen LogP contribution in [0.15, 0.2) is 11.6 Å². The Morgan fingerprint density at radius 3 is 2.18 bits per heavy atom. The number of fused-ring (bicyclic) bond motifs is 7. The normalized spacial score (nSPS) is 51.4. The van der Waals surface area contributed by atoms with Gasteiger partial charge < -0.3 is 14.9 Å². The Morgan fingerprint density at radius 2 is 1.58 bits per heavy atom. The first-order chi connectivity index (χ1) is 17.4. The van der Waals surface area contributed by atoms with Crippen molar-refractivity contribution in [2.24, 2.45) is 50.2 Å². The van der Waals surface area contributed by atoms with Gasteiger partial charge in [-0.2, -0.15) is 0 Å². The Labute approximate surface area is 228 Å². The van der Waals surface area contributed by atoms with Gasteiger partial charge in [-0.3, -0.25) is 14.4 Å². The minimum atomic E-state index is -1.03. The summed E-state index contributed by atoms with van der Waals surface area (Å²) in [5.74, 6) is -1.07. The van der Waals surface area contributed by atoms with E-state index in [1.807, 2.05) is 6.08 Å². The van der Waals surface area contributed by atoms with Gasteiger partial charge in [0.1, 0.15) is 6.10 Å². The molecule has 0 aromatic carbocycles. The van der Waals surface area contributed by atoms with E-state index in [0.717, 1.165) is 44.1 Å². The van der Waals surface area contributed by atoms with E-state index in [2.05, 4.69) is 41.5 Å². The van der Waals surface area contributed by atoms with Gasteiger partial charge in [-0.25, -0.2) is 0 Å². The van der Waals surface area contributed by atoms with Crippen LogP contribution in [0.2, 0.25) is 0 Å². The maximum Gasteiger partial charge on any atom is 0.309 e. The molecule has 0 aromatic rings. The third-order valence-corrected chi connectivity index (χ3v) is 13.4. The second kappa shape index (κ2) is 8.17. The number of rotatable bonds is 2. The number of ether oxygens (including phenoxy) is 1. The van der Waals surface area contributed by atoms with Crippen molar-refractivity contribution in [1.29, 1.82) is 0 Å². The third-order valence-electron chi connectivity index (χ3n) is 13.4. The van der Waals surface area contributed by atoms with E-state index >= 15 is 0 Å². The molecule has 6 heteroatoms. The molecule has 212 valence electrons. The number of carboxylic acids is 1. The van der Waals surface area contributed by atoms with Crippen LogP contribution < -0.4 is 0 Å². The fraction of sp³-hybridized carbons (Fsp3) is 0.844. The van der Waals surface area contributed by atoms with Crippen molar-refractivity contribution in [3.8, 4) is 0 Å². The molecular formula is C32H48O6. The zero-order valence-electron chi connectivity index (χ0n) is 24.6. The average Bonchev–Trinajstić information content (AvgIpc) is 2.79. The van der Waals surface area contributed by atoms with Gasteiger partial charge >= 0.3 is 11.9 Å². The topological polar surface area (TPSA) is 101 Å². The predicted molar refractivity (Wildman–Crippen MR) is 144 cm³/mol. The van der Waals surface area contributed by atoms with Gasteiger partial charge in [-0.15, -0.1) is 0 Å². The minimum Gasteiger partial charge on any atom is -0.481 e. The summed E-state index contributed by atoms with van der Waals surface area (Å²) in [6.45, 7) is 16.6. The number of ketones is 1. The fourth-order valence-corrected chi connectivity index (χ4v) is 10.8. The van der Waals surface area contributed by atoms with Crippen molar-refractivity contribution >= 4 is 17.7 Å². The van der Waals surface area contributed by atoms with Crippen molar-refractivity contribution in [3.05, 3.63) is 11.6 Å². The molecule has 0 aliphatic heterocycles. The van der Waals surface area contributed by atoms with E-state index in [1.54, 1.807) is 6.92 Å². The SMILES string of the molecule is CC(=O)OC1CC(C)(C(=O)O)CC2C3=CC(=O)C4C5(C)CCC(O)C(C)(C)C5CCC4(C)C3(C)CCC12C. The summed E-state index contributed by atoms with van der Waals surface area (Å²) in [6.07, 6.45) is 6.99. The standard InChI is InChI=1S/C32H48O6/c1-18(33)38-24-17-28(4,26(36)37)16-20-19-15-21(34)25-30(6)11-10-23(35)27(2,3)22(30)9-12-32(25,8)31(19,7)14-13-29(20,24)5/h15,20,22-25,35H,9-14,16-17H2,1-8H3,(H,36,37). The molecule has 0 heterocycles. The second-order valence-corrected chi connectivity index (χ2v) is 15.6. The molecule has 0 spiro atoms. The zero-order chi connectivity index (χ0) is 28.3. The third kappa shape index (κ3) is 3.37. The summed E-state index contributed by atoms with van der Waals surface area (Å²) in [7, 11) is 0. The van der Waals surface area contributed by atoms with Gasteiger partial charge in [0, 0.05) is 24.7 Å². The van der Waals surface area contributed by atoms with Gasteiger partial charge in [0.15, 0.2) is 5.78 Å². The number of aliphatic hydroxyl groups excluding tert-OH is 1. The lowest BCUT2D eigenvalue weighted by molar-refractivity contribution is -0.210. The molecule has 38 heavy (non-hydrogen) atoms. The van der Waals surface area contributed by atoms with Crippen molar-refractivity contribution in [3.63, 3.8) is 0 Å². The Balaban J connectivity index is 1.64. The number of carboxylic acid groups (broad SMARTS) is 1. The van der Waals surface area contributed by atoms with E-state index in [4.69, 9.17) is 4.74 Å². The van der Waals surface area contributed by atoms with Crippen LogP contribution in [0, 0.1) is 50.2 Å². The minimum absolute atomic E-state index is 0.127. The van der Waals surface area contributed by atoms with Gasteiger partial charge in [0.05, 0.1) is 11.5 Å². The lowest BCUT2D eigenvalue weighted by Crippen LogP contribution is -2.67. The highest BCUT2D eigenvalue weighted by molar-refractivity contribution is 5.95. The monoisotopic (exact) mass is 528 g/mol. The summed E-state index contributed by atoms with van der Waals surface area (Å²) in [4.78, 5) is 39.0. The molecular weight excluding hydrogens is 480 g/mol. The number of aliphatic carboxylic acids is 1. The first kappa shape index (κ1) is 27.9. The number of carbonyl (C=O) groups excluding carboxylic acids is 2. The second-order valence-electron chi connectivity index (χ2n) is 15.6. The van der Waals surface area contributed by atoms with Crippen molar-refractivity contribution < 1.29 is 29.3 Å². The molecule has 6 nitrogen and oxygen atoms in total. The molecule has 5 rings (SSSR count). The van der Waals surface area contributed by atoms with Crippen LogP contribution in [0.3, 0.4) is 0 Å². The van der Waals surface area contributed by atoms with Gasteiger partial charge in [-0.1, -0.05) is 47.1 Å². The Morgan fingerprint density at radius 1 is 0.921 bits per heavy atom. The van der Waals surface area contributed by atoms with E-state index in [9.17, 15) is 24.6 Å². The van der Waals surface area contributed by atoms with Crippen LogP contribution in [0.1, 0.15) is 107 Å². The van der Waals surface area contributed by atoms with E-state index < -0.39 is 22.9 Å². The summed E-state index contributed by atoms with van der Waals surface area (Å²) < 4.78 is 5.86. The molecule has 0 saturated heterocycles. The maximum atomic E-state index is 14.4. The number of hydrogen-bond donors (Lipinski definition) is 2. The molecule has 5 aliphatic carbocycles. The summed E-state index contributed by atoms with van der Waals surface area (Å²) in [6, 6.07) is 0. The van der Waals surface area contributed by atoms with Crippen LogP contribution in [-0.4, -0.2) is 40.1 Å². The maximum absolute atomic E-state index is 14.4. The Hall–Kier alpha value is -1.69. The number of aliphatic hydroxyl groups is 1. The van der Waals surface area contributed by atoms with Gasteiger partial charge in [0.2, 0.25) is 0 Å². The molecule has 0 radical (unpaired) electrons. The Bertz CT molecular complexity index is 1110. The number of hydrogen-bond acceptors (Lipinski definition) is 5. The van der Waals surface area contributed by atoms with Crippen LogP contribution in [0.25, 0.3) is 0 Å². The molecule has 4 fully saturated rings. The van der Waals surface area contributed by atoms with E-state index in [1.165, 1.54) is 6.92 Å². The quantitative estimate of drug-likeness (QED) is 0.429. The smallest absolute Gasteiger partial charge is 0.309 e. The van der Waals surface area contributed by atoms with Crippen LogP contribution in [-0.2, 0) is 19.1 Å². The van der Waals surface area contributed by atoms with Crippen molar-refractivity contribution in [1.82, 2.24) is 0 Å². The molecule has 0 amide bonds. The van der Waals surface area contributed by atoms with Crippen molar-refractivity contribution in [2.45, 2.75) is 119 Å². The van der Waals surface area contributed by atoms with Crippen LogP contribution in [0.5, 0.6) is 0 Å². The first-order valence-electron chi connectivity index (χ1n) is 14.7. The molecule has 0 aromatic heterocycles. The first-order valence-corrected chi connectivity index (χ1v) is 14.7. The van der Waals surface area contributed by atoms with Gasteiger partial charge in [-0.05, 0) is 91.4 Å². The van der Waals surface area contributed by atoms with Crippen LogP contribution in [0.4, 0.5) is 0 Å². The van der Waals surface area contributed by atoms with E-state index in [-0.39, 0.29) is 57.3 Å². The highest BCUT2D eigenvalue weighted by Crippen LogP contribution is 2.75. The lowest BCUT2D eigenvalue weighted by Gasteiger charge is -2.70. The molecule has 4 saturated carbocycles. The number of carbonyl (C=O) groups is 3. The van der Waals surface area contributed by atoms with Gasteiger partial charge in [0.25, 0.3) is 0 Å². The zero-order valence-corrected chi connectivity index (χ0v) is 24.6. The highest BCUT2D eigenvalue weighted by atomic mass is 16.5. The van der Waals surface area contributed by atoms with Crippen LogP contribution >= 0.6 is 0 Å². The predicted octanol–water partition coefficient (Wildman–Crippen LogP) is 5.95. The molecule has 5 aliphatic rings. The fourth-order valence-electron chi connectivity index (χ4n) is 10.8. The van der Waals surface area contributed by atoms with E-state index in [0.29, 0.717) is 12.8 Å². The lowest BCUT2D eigenvalue weighted by atomic mass is 9.33. The Kier molecular flexibility index (Phi) is 5.99.